The minimum Gasteiger partial charge on any atom is -0.367 e. The van der Waals surface area contributed by atoms with Crippen molar-refractivity contribution in [2.24, 2.45) is 0 Å². The summed E-state index contributed by atoms with van der Waals surface area (Å²) in [6.07, 6.45) is 0. The Morgan fingerprint density at radius 2 is 2.08 bits per heavy atom. The lowest BCUT2D eigenvalue weighted by Crippen LogP contribution is -2.21. The molecule has 13 heavy (non-hydrogen) atoms. The first-order chi connectivity index (χ1) is 6.33. The second-order valence-corrected chi connectivity index (χ2v) is 2.84. The Labute approximate surface area is 78.8 Å². The minimum absolute atomic E-state index is 0.837. The van der Waals surface area contributed by atoms with Crippen LogP contribution in [0.25, 0.3) is 0 Å². The van der Waals surface area contributed by atoms with Crippen LogP contribution in [0.3, 0.4) is 0 Å². The van der Waals surface area contributed by atoms with Gasteiger partial charge in [0.1, 0.15) is 5.82 Å². The average molecular weight is 180 g/mol. The van der Waals surface area contributed by atoms with Gasteiger partial charge >= 0.3 is 0 Å². The van der Waals surface area contributed by atoms with E-state index in [4.69, 9.17) is 0 Å². The van der Waals surface area contributed by atoms with E-state index in [1.54, 1.807) is 0 Å². The third-order valence-electron chi connectivity index (χ3n) is 1.66. The quantitative estimate of drug-likeness (QED) is 0.658. The van der Waals surface area contributed by atoms with Crippen molar-refractivity contribution < 1.29 is 0 Å². The number of nitrogens with zero attached hydrogens (tertiary/aromatic N) is 2. The third-order valence-corrected chi connectivity index (χ3v) is 1.66. The van der Waals surface area contributed by atoms with Crippen LogP contribution >= 0.6 is 0 Å². The predicted molar refractivity (Wildman–Crippen MR) is 53.8 cm³/mol. The van der Waals surface area contributed by atoms with Gasteiger partial charge in [0, 0.05) is 13.1 Å². The number of anilines is 1. The zero-order valence-corrected chi connectivity index (χ0v) is 8.17. The number of hydrogen-bond acceptors (Lipinski definition) is 4. The molecule has 0 spiro atoms. The standard InChI is InChI=1S/C9H16N4/c1-3-10-6-7-11-9-5-4-8(2)12-13-9/h4-5,10H,3,6-7H2,1-2H3,(H,11,13). The van der Waals surface area contributed by atoms with Crippen LogP contribution in [0, 0.1) is 6.92 Å². The summed E-state index contributed by atoms with van der Waals surface area (Å²) in [7, 11) is 0. The SMILES string of the molecule is CCNCCNc1ccc(C)nn1. The van der Waals surface area contributed by atoms with Crippen LogP contribution in [0.1, 0.15) is 12.6 Å². The first-order valence-electron chi connectivity index (χ1n) is 4.58. The summed E-state index contributed by atoms with van der Waals surface area (Å²) in [6, 6.07) is 3.89. The van der Waals surface area contributed by atoms with Crippen molar-refractivity contribution in [1.29, 1.82) is 0 Å². The van der Waals surface area contributed by atoms with Crippen molar-refractivity contribution in [2.45, 2.75) is 13.8 Å². The van der Waals surface area contributed by atoms with Crippen molar-refractivity contribution in [3.63, 3.8) is 0 Å². The first-order valence-corrected chi connectivity index (χ1v) is 4.58. The van der Waals surface area contributed by atoms with Gasteiger partial charge in [-0.15, -0.1) is 5.10 Å². The molecule has 0 fully saturated rings. The maximum atomic E-state index is 3.99. The van der Waals surface area contributed by atoms with E-state index in [0.717, 1.165) is 31.1 Å². The monoisotopic (exact) mass is 180 g/mol. The van der Waals surface area contributed by atoms with Gasteiger partial charge < -0.3 is 10.6 Å². The summed E-state index contributed by atoms with van der Waals surface area (Å²) >= 11 is 0. The van der Waals surface area contributed by atoms with E-state index in [0.29, 0.717) is 0 Å². The number of hydrogen-bond donors (Lipinski definition) is 2. The van der Waals surface area contributed by atoms with Gasteiger partial charge in [0.2, 0.25) is 0 Å². The predicted octanol–water partition coefficient (Wildman–Crippen LogP) is 0.806. The van der Waals surface area contributed by atoms with E-state index in [9.17, 15) is 0 Å². The molecule has 4 heteroatoms. The van der Waals surface area contributed by atoms with Gasteiger partial charge in [-0.1, -0.05) is 6.92 Å². The van der Waals surface area contributed by atoms with E-state index >= 15 is 0 Å². The molecule has 1 aromatic heterocycles. The third kappa shape index (κ3) is 3.85. The molecule has 4 nitrogen and oxygen atoms in total. The summed E-state index contributed by atoms with van der Waals surface area (Å²) in [5.41, 5.74) is 0.942. The molecule has 0 atom stereocenters. The molecule has 1 rings (SSSR count). The Morgan fingerprint density at radius 1 is 1.23 bits per heavy atom. The fraction of sp³-hybridized carbons (Fsp3) is 0.556. The van der Waals surface area contributed by atoms with Crippen molar-refractivity contribution in [2.75, 3.05) is 25.0 Å². The van der Waals surface area contributed by atoms with E-state index in [1.165, 1.54) is 0 Å². The van der Waals surface area contributed by atoms with Crippen LogP contribution in [-0.4, -0.2) is 29.8 Å². The van der Waals surface area contributed by atoms with Gasteiger partial charge in [0.25, 0.3) is 0 Å². The molecular formula is C9H16N4. The topological polar surface area (TPSA) is 49.8 Å². The van der Waals surface area contributed by atoms with Gasteiger partial charge in [-0.2, -0.15) is 5.10 Å². The maximum Gasteiger partial charge on any atom is 0.148 e. The average Bonchev–Trinajstić information content (AvgIpc) is 2.15. The summed E-state index contributed by atoms with van der Waals surface area (Å²) in [5, 5.41) is 14.3. The second kappa shape index (κ2) is 5.48. The van der Waals surface area contributed by atoms with Crippen LogP contribution < -0.4 is 10.6 Å². The molecule has 0 saturated carbocycles. The van der Waals surface area contributed by atoms with E-state index in [-0.39, 0.29) is 0 Å². The van der Waals surface area contributed by atoms with Gasteiger partial charge in [0.05, 0.1) is 5.69 Å². The molecule has 0 amide bonds. The zero-order chi connectivity index (χ0) is 9.52. The van der Waals surface area contributed by atoms with Crippen LogP contribution in [-0.2, 0) is 0 Å². The second-order valence-electron chi connectivity index (χ2n) is 2.84. The Balaban J connectivity index is 2.25. The fourth-order valence-corrected chi connectivity index (χ4v) is 0.949. The Bertz CT molecular complexity index is 232. The van der Waals surface area contributed by atoms with Crippen LogP contribution in [0.2, 0.25) is 0 Å². The maximum absolute atomic E-state index is 3.99. The van der Waals surface area contributed by atoms with E-state index < -0.39 is 0 Å². The van der Waals surface area contributed by atoms with Crippen molar-refractivity contribution in [3.8, 4) is 0 Å². The van der Waals surface area contributed by atoms with Crippen molar-refractivity contribution in [3.05, 3.63) is 17.8 Å². The fourth-order valence-electron chi connectivity index (χ4n) is 0.949. The van der Waals surface area contributed by atoms with Crippen LogP contribution in [0.15, 0.2) is 12.1 Å². The largest absolute Gasteiger partial charge is 0.367 e. The molecule has 0 aliphatic carbocycles. The summed E-state index contributed by atoms with van der Waals surface area (Å²) < 4.78 is 0. The lowest BCUT2D eigenvalue weighted by atomic mass is 10.4. The number of rotatable bonds is 5. The van der Waals surface area contributed by atoms with Crippen molar-refractivity contribution in [1.82, 2.24) is 15.5 Å². The number of likely N-dealkylation sites (N-methyl/N-ethyl adjacent to an activating group) is 1. The van der Waals surface area contributed by atoms with Crippen LogP contribution in [0.5, 0.6) is 0 Å². The highest BCUT2D eigenvalue weighted by Gasteiger charge is 1.92. The summed E-state index contributed by atoms with van der Waals surface area (Å²) in [5.74, 6) is 0.837. The molecule has 0 saturated heterocycles. The number of aryl methyl sites for hydroxylation is 1. The smallest absolute Gasteiger partial charge is 0.148 e. The number of aromatic nitrogens is 2. The molecule has 1 heterocycles. The summed E-state index contributed by atoms with van der Waals surface area (Å²) in [6.45, 7) is 6.85. The minimum atomic E-state index is 0.837. The first kappa shape index (κ1) is 9.92. The molecule has 0 aliphatic heterocycles. The van der Waals surface area contributed by atoms with Gasteiger partial charge in [0.15, 0.2) is 0 Å². The molecule has 0 unspecified atom stereocenters. The Hall–Kier alpha value is -1.16. The molecule has 0 bridgehead atoms. The molecule has 0 radical (unpaired) electrons. The number of nitrogens with one attached hydrogen (secondary N) is 2. The van der Waals surface area contributed by atoms with Gasteiger partial charge in [-0.05, 0) is 25.6 Å². The highest BCUT2D eigenvalue weighted by atomic mass is 15.2. The summed E-state index contributed by atoms with van der Waals surface area (Å²) in [4.78, 5) is 0. The highest BCUT2D eigenvalue weighted by molar-refractivity contribution is 5.32. The van der Waals surface area contributed by atoms with E-state index in [1.807, 2.05) is 19.1 Å². The molecule has 0 aliphatic rings. The Morgan fingerprint density at radius 3 is 2.69 bits per heavy atom. The van der Waals surface area contributed by atoms with E-state index in [2.05, 4.69) is 27.8 Å². The molecule has 72 valence electrons. The van der Waals surface area contributed by atoms with Crippen molar-refractivity contribution >= 4 is 5.82 Å². The lowest BCUT2D eigenvalue weighted by molar-refractivity contribution is 0.736. The van der Waals surface area contributed by atoms with Gasteiger partial charge in [-0.3, -0.25) is 0 Å². The Kier molecular flexibility index (Phi) is 4.18. The molecule has 1 aromatic rings. The normalized spacial score (nSPS) is 10.0. The zero-order valence-electron chi connectivity index (χ0n) is 8.17. The molecular weight excluding hydrogens is 164 g/mol. The lowest BCUT2D eigenvalue weighted by Gasteiger charge is -2.04. The highest BCUT2D eigenvalue weighted by Crippen LogP contribution is 1.99. The molecule has 0 aromatic carbocycles. The molecule has 2 N–H and O–H groups in total. The van der Waals surface area contributed by atoms with Gasteiger partial charge in [-0.25, -0.2) is 0 Å². The van der Waals surface area contributed by atoms with Crippen LogP contribution in [0.4, 0.5) is 5.82 Å².